The lowest BCUT2D eigenvalue weighted by molar-refractivity contribution is -0.0637. The summed E-state index contributed by atoms with van der Waals surface area (Å²) in [6, 6.07) is 0. The molecule has 2 aliphatic rings. The largest absolute Gasteiger partial charge is 0.378 e. The standard InChI is InChI=1S/C24H46O/c1-4-6-8-9-10-11-21-12-14-22(15-13-21)23-16-19-24(25-3,20-17-23)18-7-5-2/h21-23H,4-20H2,1-3H3/t21?,22?,23-,24+. The number of methoxy groups -OCH3 is 1. The molecule has 0 aromatic carbocycles. The van der Waals surface area contributed by atoms with Crippen LogP contribution in [-0.2, 0) is 4.74 Å². The Labute approximate surface area is 158 Å². The minimum atomic E-state index is 0.238. The first-order chi connectivity index (χ1) is 12.2. The van der Waals surface area contributed by atoms with Gasteiger partial charge in [0.1, 0.15) is 0 Å². The fourth-order valence-electron chi connectivity index (χ4n) is 5.68. The summed E-state index contributed by atoms with van der Waals surface area (Å²) >= 11 is 0. The molecule has 1 nitrogen and oxygen atoms in total. The number of unbranched alkanes of at least 4 members (excludes halogenated alkanes) is 5. The minimum absolute atomic E-state index is 0.238. The van der Waals surface area contributed by atoms with Crippen molar-refractivity contribution < 1.29 is 4.74 Å². The van der Waals surface area contributed by atoms with Gasteiger partial charge in [0.25, 0.3) is 0 Å². The monoisotopic (exact) mass is 350 g/mol. The molecule has 0 bridgehead atoms. The van der Waals surface area contributed by atoms with E-state index in [4.69, 9.17) is 4.74 Å². The van der Waals surface area contributed by atoms with Gasteiger partial charge in [-0.2, -0.15) is 0 Å². The SMILES string of the molecule is CCCCCCCC1CCC([C@H]2CC[C@@](CCCC)(OC)CC2)CC1. The summed E-state index contributed by atoms with van der Waals surface area (Å²) in [5.41, 5.74) is 0.238. The van der Waals surface area contributed by atoms with Crippen LogP contribution in [0.5, 0.6) is 0 Å². The Morgan fingerprint density at radius 3 is 1.92 bits per heavy atom. The third kappa shape index (κ3) is 6.89. The van der Waals surface area contributed by atoms with Crippen molar-refractivity contribution in [2.75, 3.05) is 7.11 Å². The maximum Gasteiger partial charge on any atom is 0.0679 e. The van der Waals surface area contributed by atoms with E-state index < -0.39 is 0 Å². The van der Waals surface area contributed by atoms with E-state index in [1.807, 2.05) is 7.11 Å². The highest BCUT2D eigenvalue weighted by atomic mass is 16.5. The van der Waals surface area contributed by atoms with Crippen LogP contribution in [0.1, 0.15) is 123 Å². The number of hydrogen-bond donors (Lipinski definition) is 0. The Kier molecular flexibility index (Phi) is 9.89. The molecule has 0 radical (unpaired) electrons. The molecule has 25 heavy (non-hydrogen) atoms. The Hall–Kier alpha value is -0.0400. The molecule has 2 fully saturated rings. The highest BCUT2D eigenvalue weighted by Gasteiger charge is 2.38. The van der Waals surface area contributed by atoms with E-state index in [1.165, 1.54) is 109 Å². The van der Waals surface area contributed by atoms with Crippen LogP contribution in [-0.4, -0.2) is 12.7 Å². The summed E-state index contributed by atoms with van der Waals surface area (Å²) < 4.78 is 6.01. The molecule has 0 N–H and O–H groups in total. The van der Waals surface area contributed by atoms with Gasteiger partial charge in [0.15, 0.2) is 0 Å². The van der Waals surface area contributed by atoms with Gasteiger partial charge < -0.3 is 4.74 Å². The summed E-state index contributed by atoms with van der Waals surface area (Å²) in [6.45, 7) is 4.62. The lowest BCUT2D eigenvalue weighted by Crippen LogP contribution is -2.38. The average molecular weight is 351 g/mol. The number of rotatable bonds is 11. The van der Waals surface area contributed by atoms with E-state index >= 15 is 0 Å². The van der Waals surface area contributed by atoms with Gasteiger partial charge in [-0.05, 0) is 62.7 Å². The number of hydrogen-bond acceptors (Lipinski definition) is 1. The van der Waals surface area contributed by atoms with Crippen molar-refractivity contribution in [2.45, 2.75) is 129 Å². The van der Waals surface area contributed by atoms with Gasteiger partial charge in [-0.1, -0.05) is 78.1 Å². The first-order valence-electron chi connectivity index (χ1n) is 11.8. The van der Waals surface area contributed by atoms with Gasteiger partial charge in [0, 0.05) is 7.11 Å². The molecular formula is C24H46O. The second kappa shape index (κ2) is 11.6. The Morgan fingerprint density at radius 1 is 0.720 bits per heavy atom. The lowest BCUT2D eigenvalue weighted by atomic mass is 9.67. The molecular weight excluding hydrogens is 304 g/mol. The molecule has 2 saturated carbocycles. The zero-order valence-electron chi connectivity index (χ0n) is 17.7. The molecule has 0 spiro atoms. The highest BCUT2D eigenvalue weighted by molar-refractivity contribution is 4.90. The molecule has 1 heteroatoms. The van der Waals surface area contributed by atoms with Crippen LogP contribution in [0.4, 0.5) is 0 Å². The van der Waals surface area contributed by atoms with Gasteiger partial charge in [-0.15, -0.1) is 0 Å². The van der Waals surface area contributed by atoms with E-state index in [-0.39, 0.29) is 5.60 Å². The van der Waals surface area contributed by atoms with Crippen molar-refractivity contribution in [2.24, 2.45) is 17.8 Å². The van der Waals surface area contributed by atoms with Gasteiger partial charge in [-0.3, -0.25) is 0 Å². The van der Waals surface area contributed by atoms with Gasteiger partial charge in [0.05, 0.1) is 5.60 Å². The topological polar surface area (TPSA) is 9.23 Å². The zero-order chi connectivity index (χ0) is 18.0. The van der Waals surface area contributed by atoms with E-state index in [9.17, 15) is 0 Å². The first kappa shape index (κ1) is 21.3. The van der Waals surface area contributed by atoms with Crippen molar-refractivity contribution in [1.82, 2.24) is 0 Å². The van der Waals surface area contributed by atoms with Crippen LogP contribution in [0.25, 0.3) is 0 Å². The Morgan fingerprint density at radius 2 is 1.32 bits per heavy atom. The molecule has 0 heterocycles. The molecule has 0 aromatic heterocycles. The smallest absolute Gasteiger partial charge is 0.0679 e. The fraction of sp³-hybridized carbons (Fsp3) is 1.00. The molecule has 0 saturated heterocycles. The van der Waals surface area contributed by atoms with Crippen LogP contribution >= 0.6 is 0 Å². The average Bonchev–Trinajstić information content (AvgIpc) is 2.67. The van der Waals surface area contributed by atoms with Crippen molar-refractivity contribution in [3.8, 4) is 0 Å². The van der Waals surface area contributed by atoms with Crippen LogP contribution in [0.3, 0.4) is 0 Å². The zero-order valence-corrected chi connectivity index (χ0v) is 17.7. The second-order valence-electron chi connectivity index (χ2n) is 9.31. The van der Waals surface area contributed by atoms with Gasteiger partial charge >= 0.3 is 0 Å². The summed E-state index contributed by atoms with van der Waals surface area (Å²) in [5, 5.41) is 0. The predicted molar refractivity (Wildman–Crippen MR) is 110 cm³/mol. The minimum Gasteiger partial charge on any atom is -0.378 e. The lowest BCUT2D eigenvalue weighted by Gasteiger charge is -2.43. The van der Waals surface area contributed by atoms with E-state index in [1.54, 1.807) is 0 Å². The second-order valence-corrected chi connectivity index (χ2v) is 9.31. The summed E-state index contributed by atoms with van der Waals surface area (Å²) in [4.78, 5) is 0. The van der Waals surface area contributed by atoms with E-state index in [0.29, 0.717) is 0 Å². The molecule has 0 unspecified atom stereocenters. The normalized spacial score (nSPS) is 33.5. The van der Waals surface area contributed by atoms with Gasteiger partial charge in [-0.25, -0.2) is 0 Å². The molecule has 0 aliphatic heterocycles. The maximum absolute atomic E-state index is 6.01. The molecule has 0 aromatic rings. The van der Waals surface area contributed by atoms with E-state index in [2.05, 4.69) is 13.8 Å². The Balaban J connectivity index is 1.63. The first-order valence-corrected chi connectivity index (χ1v) is 11.8. The van der Waals surface area contributed by atoms with Gasteiger partial charge in [0.2, 0.25) is 0 Å². The predicted octanol–water partition coefficient (Wildman–Crippen LogP) is 7.92. The summed E-state index contributed by atoms with van der Waals surface area (Å²) in [7, 11) is 1.96. The van der Waals surface area contributed by atoms with E-state index in [0.717, 1.165) is 17.8 Å². The van der Waals surface area contributed by atoms with Crippen LogP contribution < -0.4 is 0 Å². The molecule has 148 valence electrons. The molecule has 0 amide bonds. The Bertz CT molecular complexity index is 321. The molecule has 2 rings (SSSR count). The maximum atomic E-state index is 6.01. The third-order valence-electron chi connectivity index (χ3n) is 7.63. The molecule has 2 aliphatic carbocycles. The highest BCUT2D eigenvalue weighted by Crippen LogP contribution is 2.45. The van der Waals surface area contributed by atoms with Crippen LogP contribution in [0, 0.1) is 17.8 Å². The van der Waals surface area contributed by atoms with Crippen molar-refractivity contribution in [3.63, 3.8) is 0 Å². The van der Waals surface area contributed by atoms with Crippen molar-refractivity contribution in [3.05, 3.63) is 0 Å². The van der Waals surface area contributed by atoms with Crippen molar-refractivity contribution in [1.29, 1.82) is 0 Å². The van der Waals surface area contributed by atoms with Crippen molar-refractivity contribution >= 4 is 0 Å². The fourth-order valence-corrected chi connectivity index (χ4v) is 5.68. The summed E-state index contributed by atoms with van der Waals surface area (Å²) in [6.07, 6.45) is 24.3. The molecule has 0 atom stereocenters. The van der Waals surface area contributed by atoms with Crippen LogP contribution in [0.15, 0.2) is 0 Å². The third-order valence-corrected chi connectivity index (χ3v) is 7.63. The number of ether oxygens (including phenoxy) is 1. The summed E-state index contributed by atoms with van der Waals surface area (Å²) in [5.74, 6) is 3.11. The van der Waals surface area contributed by atoms with Crippen LogP contribution in [0.2, 0.25) is 0 Å². The quantitative estimate of drug-likeness (QED) is 0.344.